The lowest BCUT2D eigenvalue weighted by molar-refractivity contribution is 0.363. The van der Waals surface area contributed by atoms with E-state index < -0.39 is 14.8 Å². The molecule has 0 saturated heterocycles. The second-order valence-electron chi connectivity index (χ2n) is 5.91. The van der Waals surface area contributed by atoms with E-state index >= 15 is 0 Å². The molecule has 0 unspecified atom stereocenters. The highest BCUT2D eigenvalue weighted by Crippen LogP contribution is 2.55. The van der Waals surface area contributed by atoms with Crippen LogP contribution in [0.5, 0.6) is 5.88 Å². The van der Waals surface area contributed by atoms with Gasteiger partial charge in [0.1, 0.15) is 5.82 Å². The largest absolute Gasteiger partial charge is 0.481 e. The smallest absolute Gasteiger partial charge is 0.240 e. The molecule has 106 valence electrons. The summed E-state index contributed by atoms with van der Waals surface area (Å²) in [6.45, 7) is 5.87. The Bertz CT molecular complexity index is 572. The van der Waals surface area contributed by atoms with E-state index in [1.54, 1.807) is 18.2 Å². The van der Waals surface area contributed by atoms with Crippen LogP contribution in [-0.4, -0.2) is 25.3 Å². The zero-order chi connectivity index (χ0) is 14.3. The van der Waals surface area contributed by atoms with E-state index in [0.29, 0.717) is 24.5 Å². The molecule has 1 aliphatic carbocycles. The topological polar surface area (TPSA) is 68.3 Å². The maximum Gasteiger partial charge on any atom is 0.240 e. The fourth-order valence-corrected chi connectivity index (χ4v) is 4.39. The van der Waals surface area contributed by atoms with Gasteiger partial charge in [-0.25, -0.2) is 8.42 Å². The number of ether oxygens (including phenoxy) is 1. The van der Waals surface area contributed by atoms with Gasteiger partial charge in [-0.2, -0.15) is 4.98 Å². The summed E-state index contributed by atoms with van der Waals surface area (Å²) >= 11 is 0. The molecular formula is C13H20N2O3S. The Morgan fingerprint density at radius 1 is 1.32 bits per heavy atom. The normalized spacial score (nSPS) is 17.9. The predicted molar refractivity (Wildman–Crippen MR) is 74.8 cm³/mol. The lowest BCUT2D eigenvalue weighted by Crippen LogP contribution is -2.40. The predicted octanol–water partition coefficient (Wildman–Crippen LogP) is 2.41. The molecule has 1 aromatic rings. The van der Waals surface area contributed by atoms with Crippen molar-refractivity contribution in [3.8, 4) is 5.88 Å². The van der Waals surface area contributed by atoms with Crippen LogP contribution in [0.2, 0.25) is 0 Å². The van der Waals surface area contributed by atoms with Crippen LogP contribution in [0, 0.1) is 5.41 Å². The quantitative estimate of drug-likeness (QED) is 0.922. The molecule has 0 radical (unpaired) electrons. The van der Waals surface area contributed by atoms with E-state index in [1.807, 2.05) is 20.8 Å². The van der Waals surface area contributed by atoms with Crippen LogP contribution in [0.25, 0.3) is 0 Å². The number of pyridine rings is 1. The SMILES string of the molecule is COc1cccc(NS(=O)(=O)C2(C(C)(C)C)CC2)n1. The van der Waals surface area contributed by atoms with Gasteiger partial charge in [-0.05, 0) is 24.3 Å². The number of hydrogen-bond acceptors (Lipinski definition) is 4. The first kappa shape index (κ1) is 14.1. The first-order chi connectivity index (χ1) is 8.72. The van der Waals surface area contributed by atoms with Crippen molar-refractivity contribution in [1.82, 2.24) is 4.98 Å². The van der Waals surface area contributed by atoms with Crippen molar-refractivity contribution >= 4 is 15.8 Å². The summed E-state index contributed by atoms with van der Waals surface area (Å²) in [6, 6.07) is 5.01. The second-order valence-corrected chi connectivity index (χ2v) is 7.91. The molecule has 19 heavy (non-hydrogen) atoms. The van der Waals surface area contributed by atoms with Crippen molar-refractivity contribution in [2.75, 3.05) is 11.8 Å². The molecule has 1 aromatic heterocycles. The third-order valence-corrected chi connectivity index (χ3v) is 6.28. The minimum Gasteiger partial charge on any atom is -0.481 e. The van der Waals surface area contributed by atoms with Crippen LogP contribution in [0.3, 0.4) is 0 Å². The Kier molecular flexibility index (Phi) is 3.24. The first-order valence-corrected chi connectivity index (χ1v) is 7.74. The third-order valence-electron chi connectivity index (χ3n) is 3.76. The number of hydrogen-bond donors (Lipinski definition) is 1. The maximum atomic E-state index is 12.5. The molecule has 1 saturated carbocycles. The molecule has 0 aliphatic heterocycles. The summed E-state index contributed by atoms with van der Waals surface area (Å²) in [5, 5.41) is 0. The number of rotatable bonds is 4. The highest BCUT2D eigenvalue weighted by atomic mass is 32.2. The van der Waals surface area contributed by atoms with Gasteiger partial charge in [0.25, 0.3) is 0 Å². The molecule has 1 heterocycles. The van der Waals surface area contributed by atoms with Crippen molar-refractivity contribution in [2.24, 2.45) is 5.41 Å². The molecular weight excluding hydrogens is 264 g/mol. The Morgan fingerprint density at radius 3 is 2.42 bits per heavy atom. The number of nitrogens with zero attached hydrogens (tertiary/aromatic N) is 1. The number of methoxy groups -OCH3 is 1. The summed E-state index contributed by atoms with van der Waals surface area (Å²) in [6.07, 6.45) is 1.38. The summed E-state index contributed by atoms with van der Waals surface area (Å²) in [5.41, 5.74) is -0.294. The van der Waals surface area contributed by atoms with Crippen LogP contribution >= 0.6 is 0 Å². The van der Waals surface area contributed by atoms with E-state index in [4.69, 9.17) is 4.74 Å². The van der Waals surface area contributed by atoms with Crippen molar-refractivity contribution in [3.63, 3.8) is 0 Å². The van der Waals surface area contributed by atoms with Crippen molar-refractivity contribution in [3.05, 3.63) is 18.2 Å². The van der Waals surface area contributed by atoms with E-state index in [0.717, 1.165) is 0 Å². The van der Waals surface area contributed by atoms with E-state index in [9.17, 15) is 8.42 Å². The third kappa shape index (κ3) is 2.41. The maximum absolute atomic E-state index is 12.5. The molecule has 1 fully saturated rings. The lowest BCUT2D eigenvalue weighted by atomic mass is 9.90. The van der Waals surface area contributed by atoms with Gasteiger partial charge in [-0.15, -0.1) is 0 Å². The minimum absolute atomic E-state index is 0.294. The average molecular weight is 284 g/mol. The van der Waals surface area contributed by atoms with Crippen LogP contribution in [0.4, 0.5) is 5.82 Å². The molecule has 1 N–H and O–H groups in total. The Labute approximate surface area is 114 Å². The molecule has 2 rings (SSSR count). The van der Waals surface area contributed by atoms with Crippen molar-refractivity contribution < 1.29 is 13.2 Å². The zero-order valence-electron chi connectivity index (χ0n) is 11.7. The molecule has 6 heteroatoms. The Hall–Kier alpha value is -1.30. The average Bonchev–Trinajstić information content (AvgIpc) is 3.09. The van der Waals surface area contributed by atoms with Crippen LogP contribution in [-0.2, 0) is 10.0 Å². The second kappa shape index (κ2) is 4.37. The van der Waals surface area contributed by atoms with Gasteiger partial charge in [0, 0.05) is 6.07 Å². The first-order valence-electron chi connectivity index (χ1n) is 6.25. The summed E-state index contributed by atoms with van der Waals surface area (Å²) in [7, 11) is -1.95. The molecule has 0 atom stereocenters. The van der Waals surface area contributed by atoms with Gasteiger partial charge in [-0.3, -0.25) is 4.72 Å². The lowest BCUT2D eigenvalue weighted by Gasteiger charge is -2.30. The molecule has 0 bridgehead atoms. The van der Waals surface area contributed by atoms with Gasteiger partial charge in [0.15, 0.2) is 0 Å². The van der Waals surface area contributed by atoms with E-state index in [1.165, 1.54) is 7.11 Å². The Balaban J connectivity index is 2.27. The number of anilines is 1. The fraction of sp³-hybridized carbons (Fsp3) is 0.615. The summed E-state index contributed by atoms with van der Waals surface area (Å²) in [4.78, 5) is 4.09. The van der Waals surface area contributed by atoms with Gasteiger partial charge in [0.05, 0.1) is 11.9 Å². The van der Waals surface area contributed by atoms with Gasteiger partial charge >= 0.3 is 0 Å². The van der Waals surface area contributed by atoms with Gasteiger partial charge in [-0.1, -0.05) is 26.8 Å². The highest BCUT2D eigenvalue weighted by molar-refractivity contribution is 7.94. The zero-order valence-corrected chi connectivity index (χ0v) is 12.5. The van der Waals surface area contributed by atoms with E-state index in [2.05, 4.69) is 9.71 Å². The highest BCUT2D eigenvalue weighted by Gasteiger charge is 2.62. The molecule has 1 aliphatic rings. The van der Waals surface area contributed by atoms with Crippen molar-refractivity contribution in [1.29, 1.82) is 0 Å². The Morgan fingerprint density at radius 2 is 1.95 bits per heavy atom. The molecule has 5 nitrogen and oxygen atoms in total. The van der Waals surface area contributed by atoms with Crippen LogP contribution < -0.4 is 9.46 Å². The number of nitrogens with one attached hydrogen (secondary N) is 1. The summed E-state index contributed by atoms with van der Waals surface area (Å²) in [5.74, 6) is 0.690. The number of sulfonamides is 1. The standard InChI is InChI=1S/C13H20N2O3S/c1-12(2,3)13(8-9-13)19(16,17)15-10-6-5-7-11(14-10)18-4/h5-7H,8-9H2,1-4H3,(H,14,15). The van der Waals surface area contributed by atoms with Crippen LogP contribution in [0.15, 0.2) is 18.2 Å². The molecule has 0 aromatic carbocycles. The van der Waals surface area contributed by atoms with Gasteiger partial charge in [0.2, 0.25) is 15.9 Å². The monoisotopic (exact) mass is 284 g/mol. The van der Waals surface area contributed by atoms with E-state index in [-0.39, 0.29) is 5.41 Å². The van der Waals surface area contributed by atoms with Crippen LogP contribution in [0.1, 0.15) is 33.6 Å². The minimum atomic E-state index is -3.45. The fourth-order valence-electron chi connectivity index (χ4n) is 2.36. The molecule has 0 spiro atoms. The van der Waals surface area contributed by atoms with Gasteiger partial charge < -0.3 is 4.74 Å². The van der Waals surface area contributed by atoms with Crippen molar-refractivity contribution in [2.45, 2.75) is 38.4 Å². The summed E-state index contributed by atoms with van der Waals surface area (Å²) < 4.78 is 32.0. The molecule has 0 amide bonds. The number of aromatic nitrogens is 1.